The monoisotopic (exact) mass is 381 g/mol. The fraction of sp³-hybridized carbons (Fsp3) is 0.125. The summed E-state index contributed by atoms with van der Waals surface area (Å²) in [5, 5.41) is 9.29. The van der Waals surface area contributed by atoms with Crippen molar-refractivity contribution in [3.8, 4) is 22.9 Å². The first-order valence-corrected chi connectivity index (χ1v) is 9.21. The summed E-state index contributed by atoms with van der Waals surface area (Å²) in [5.74, 6) is 0.578. The summed E-state index contributed by atoms with van der Waals surface area (Å²) in [6.07, 6.45) is 0. The number of methoxy groups -OCH3 is 1. The summed E-state index contributed by atoms with van der Waals surface area (Å²) < 4.78 is 5.65. The molecule has 5 nitrogen and oxygen atoms in total. The van der Waals surface area contributed by atoms with Gasteiger partial charge in [-0.2, -0.15) is 5.26 Å². The Bertz CT molecular complexity index is 1160. The lowest BCUT2D eigenvalue weighted by atomic mass is 9.94. The van der Waals surface area contributed by atoms with E-state index in [1.807, 2.05) is 54.6 Å². The van der Waals surface area contributed by atoms with Crippen molar-refractivity contribution in [3.63, 3.8) is 0 Å². The number of nitrogens with zero attached hydrogens (tertiary/aromatic N) is 3. The van der Waals surface area contributed by atoms with Crippen molar-refractivity contribution >= 4 is 17.3 Å². The molecule has 0 radical (unpaired) electrons. The number of carbonyl (C=O) groups excluding carboxylic acids is 1. The molecule has 0 bridgehead atoms. The van der Waals surface area contributed by atoms with Crippen LogP contribution in [-0.2, 0) is 4.79 Å². The fourth-order valence-corrected chi connectivity index (χ4v) is 3.50. The Morgan fingerprint density at radius 2 is 1.76 bits per heavy atom. The highest BCUT2D eigenvalue weighted by Gasteiger charge is 2.25. The minimum absolute atomic E-state index is 0.0419. The number of benzene rings is 3. The predicted molar refractivity (Wildman–Crippen MR) is 114 cm³/mol. The number of rotatable bonds is 3. The number of carbonyl (C=O) groups is 1. The Morgan fingerprint density at radius 3 is 2.48 bits per heavy atom. The normalized spacial score (nSPS) is 13.2. The first kappa shape index (κ1) is 18.5. The van der Waals surface area contributed by atoms with Crippen LogP contribution < -0.4 is 9.64 Å². The molecular formula is C24H19N3O2. The molecule has 1 aliphatic heterocycles. The van der Waals surface area contributed by atoms with Crippen molar-refractivity contribution < 1.29 is 9.53 Å². The van der Waals surface area contributed by atoms with E-state index in [0.717, 1.165) is 27.9 Å². The van der Waals surface area contributed by atoms with Gasteiger partial charge in [-0.15, -0.1) is 0 Å². The number of benzodiazepines with no additional fused rings is 1. The summed E-state index contributed by atoms with van der Waals surface area (Å²) >= 11 is 0. The summed E-state index contributed by atoms with van der Waals surface area (Å²) in [6.45, 7) is 0.0419. The summed E-state index contributed by atoms with van der Waals surface area (Å²) in [5.41, 5.74) is 5.52. The van der Waals surface area contributed by atoms with Crippen LogP contribution in [0.15, 0.2) is 71.7 Å². The second kappa shape index (κ2) is 7.61. The van der Waals surface area contributed by atoms with Crippen molar-refractivity contribution in [3.05, 3.63) is 83.4 Å². The zero-order valence-corrected chi connectivity index (χ0v) is 16.2. The molecule has 0 saturated heterocycles. The third-order valence-corrected chi connectivity index (χ3v) is 5.03. The second-order valence-corrected chi connectivity index (χ2v) is 6.75. The van der Waals surface area contributed by atoms with Crippen LogP contribution in [0, 0.1) is 11.3 Å². The minimum atomic E-state index is -0.104. The lowest BCUT2D eigenvalue weighted by Gasteiger charge is -2.21. The van der Waals surface area contributed by atoms with Gasteiger partial charge in [-0.3, -0.25) is 9.79 Å². The van der Waals surface area contributed by atoms with E-state index in [-0.39, 0.29) is 12.5 Å². The van der Waals surface area contributed by atoms with Crippen LogP contribution in [0.4, 0.5) is 5.69 Å². The number of anilines is 1. The van der Waals surface area contributed by atoms with Crippen LogP contribution in [0.3, 0.4) is 0 Å². The second-order valence-electron chi connectivity index (χ2n) is 6.75. The third-order valence-electron chi connectivity index (χ3n) is 5.03. The van der Waals surface area contributed by atoms with Gasteiger partial charge in [0, 0.05) is 29.8 Å². The van der Waals surface area contributed by atoms with Gasteiger partial charge in [0.25, 0.3) is 0 Å². The molecule has 142 valence electrons. The van der Waals surface area contributed by atoms with Gasteiger partial charge in [0.05, 0.1) is 30.1 Å². The van der Waals surface area contributed by atoms with Crippen LogP contribution in [0.1, 0.15) is 16.7 Å². The van der Waals surface area contributed by atoms with Crippen molar-refractivity contribution in [2.75, 3.05) is 25.6 Å². The van der Waals surface area contributed by atoms with E-state index in [1.165, 1.54) is 0 Å². The van der Waals surface area contributed by atoms with Crippen LogP contribution >= 0.6 is 0 Å². The third kappa shape index (κ3) is 3.37. The molecule has 1 aliphatic rings. The highest BCUT2D eigenvalue weighted by molar-refractivity contribution is 6.20. The van der Waals surface area contributed by atoms with E-state index in [2.05, 4.69) is 11.1 Å². The summed E-state index contributed by atoms with van der Waals surface area (Å²) in [7, 11) is 3.37. The van der Waals surface area contributed by atoms with Crippen molar-refractivity contribution in [2.45, 2.75) is 0 Å². The number of hydrogen-bond acceptors (Lipinski definition) is 4. The molecule has 0 spiro atoms. The molecule has 0 aromatic heterocycles. The van der Waals surface area contributed by atoms with Gasteiger partial charge >= 0.3 is 0 Å². The van der Waals surface area contributed by atoms with E-state index in [0.29, 0.717) is 17.0 Å². The van der Waals surface area contributed by atoms with Crippen LogP contribution in [0.5, 0.6) is 5.75 Å². The molecule has 0 saturated carbocycles. The van der Waals surface area contributed by atoms with Gasteiger partial charge in [0.15, 0.2) is 0 Å². The predicted octanol–water partition coefficient (Wildman–Crippen LogP) is 4.05. The molecule has 29 heavy (non-hydrogen) atoms. The molecule has 3 aromatic carbocycles. The zero-order valence-electron chi connectivity index (χ0n) is 16.2. The van der Waals surface area contributed by atoms with E-state index in [9.17, 15) is 10.1 Å². The highest BCUT2D eigenvalue weighted by atomic mass is 16.5. The standard InChI is InChI=1S/C24H19N3O2/c1-27-21-13-22(29-2)19(17-8-4-3-5-9-17)12-20(21)24(26-15-23(27)28)18-10-6-7-16(11-18)14-25/h3-13H,15H2,1-2H3. The van der Waals surface area contributed by atoms with Gasteiger partial charge < -0.3 is 9.64 Å². The molecule has 1 heterocycles. The molecule has 1 amide bonds. The average molecular weight is 381 g/mol. The number of likely N-dealkylation sites (N-methyl/N-ethyl adjacent to an activating group) is 1. The van der Waals surface area contributed by atoms with Gasteiger partial charge in [-0.1, -0.05) is 42.5 Å². The number of aliphatic imine (C=N–C) groups is 1. The number of fused-ring (bicyclic) bond motifs is 1. The first-order valence-electron chi connectivity index (χ1n) is 9.21. The number of hydrogen-bond donors (Lipinski definition) is 0. The molecule has 0 aliphatic carbocycles. The molecule has 5 heteroatoms. The zero-order chi connectivity index (χ0) is 20.4. The lowest BCUT2D eigenvalue weighted by Crippen LogP contribution is -2.27. The Kier molecular flexibility index (Phi) is 4.84. The van der Waals surface area contributed by atoms with Gasteiger partial charge in [-0.25, -0.2) is 0 Å². The molecular weight excluding hydrogens is 362 g/mol. The first-order chi connectivity index (χ1) is 14.1. The number of ether oxygens (including phenoxy) is 1. The summed E-state index contributed by atoms with van der Waals surface area (Å²) in [6, 6.07) is 23.3. The minimum Gasteiger partial charge on any atom is -0.496 e. The lowest BCUT2D eigenvalue weighted by molar-refractivity contribution is -0.116. The molecule has 0 unspecified atom stereocenters. The van der Waals surface area contributed by atoms with Crippen molar-refractivity contribution in [1.29, 1.82) is 5.26 Å². The topological polar surface area (TPSA) is 65.7 Å². The molecule has 0 atom stereocenters. The Morgan fingerprint density at radius 1 is 1.00 bits per heavy atom. The molecule has 3 aromatic rings. The van der Waals surface area contributed by atoms with E-state index in [4.69, 9.17) is 4.74 Å². The van der Waals surface area contributed by atoms with Gasteiger partial charge in [0.2, 0.25) is 5.91 Å². The Hall–Kier alpha value is -3.91. The maximum atomic E-state index is 12.6. The SMILES string of the molecule is COc1cc2c(cc1-c1ccccc1)C(c1cccc(C#N)c1)=NCC(=O)N2C. The largest absolute Gasteiger partial charge is 0.496 e. The van der Waals surface area contributed by atoms with Gasteiger partial charge in [-0.05, 0) is 23.8 Å². The highest BCUT2D eigenvalue weighted by Crippen LogP contribution is 2.38. The van der Waals surface area contributed by atoms with Crippen LogP contribution in [-0.4, -0.2) is 32.3 Å². The Labute approximate surface area is 169 Å². The maximum Gasteiger partial charge on any atom is 0.248 e. The molecule has 4 rings (SSSR count). The summed E-state index contributed by atoms with van der Waals surface area (Å²) in [4.78, 5) is 18.8. The smallest absolute Gasteiger partial charge is 0.248 e. The van der Waals surface area contributed by atoms with Crippen molar-refractivity contribution in [2.24, 2.45) is 4.99 Å². The van der Waals surface area contributed by atoms with Crippen molar-refractivity contribution in [1.82, 2.24) is 0 Å². The van der Waals surface area contributed by atoms with Crippen LogP contribution in [0.2, 0.25) is 0 Å². The van der Waals surface area contributed by atoms with E-state index < -0.39 is 0 Å². The Balaban J connectivity index is 1.99. The fourth-order valence-electron chi connectivity index (χ4n) is 3.50. The number of amides is 1. The van der Waals surface area contributed by atoms with E-state index in [1.54, 1.807) is 31.2 Å². The molecule has 0 N–H and O–H groups in total. The molecule has 0 fully saturated rings. The van der Waals surface area contributed by atoms with E-state index >= 15 is 0 Å². The average Bonchev–Trinajstić information content (AvgIpc) is 2.90. The van der Waals surface area contributed by atoms with Crippen LogP contribution in [0.25, 0.3) is 11.1 Å². The quantitative estimate of drug-likeness (QED) is 0.687. The number of nitriles is 1. The maximum absolute atomic E-state index is 12.6. The van der Waals surface area contributed by atoms with Gasteiger partial charge in [0.1, 0.15) is 12.3 Å².